The number of hydrogen-bond acceptors (Lipinski definition) is 7. The van der Waals surface area contributed by atoms with Crippen LogP contribution in [0, 0.1) is 5.82 Å². The van der Waals surface area contributed by atoms with Gasteiger partial charge in [-0.25, -0.2) is 9.37 Å². The molecule has 10 nitrogen and oxygen atoms in total. The highest BCUT2D eigenvalue weighted by Crippen LogP contribution is 2.39. The average molecular weight is 666 g/mol. The van der Waals surface area contributed by atoms with Crippen LogP contribution in [0.5, 0.6) is 11.6 Å². The molecule has 1 saturated heterocycles. The van der Waals surface area contributed by atoms with Crippen LogP contribution in [0.25, 0.3) is 11.1 Å². The number of pyridine rings is 1. The molecule has 2 amide bonds. The number of H-pyrrole nitrogens is 1. The Morgan fingerprint density at radius 2 is 1.61 bits per heavy atom. The molecule has 7 rings (SSSR count). The van der Waals surface area contributed by atoms with Gasteiger partial charge in [0.1, 0.15) is 22.8 Å². The third-order valence-corrected chi connectivity index (χ3v) is 9.78. The summed E-state index contributed by atoms with van der Waals surface area (Å²) in [6, 6.07) is 19.1. The van der Waals surface area contributed by atoms with Gasteiger partial charge in [-0.15, -0.1) is 0 Å². The van der Waals surface area contributed by atoms with Crippen molar-refractivity contribution in [2.24, 2.45) is 0 Å². The van der Waals surface area contributed by atoms with E-state index in [1.807, 2.05) is 24.3 Å². The molecular formula is C38H44FN7O3. The fourth-order valence-electron chi connectivity index (χ4n) is 6.78. The van der Waals surface area contributed by atoms with Crippen LogP contribution in [0.15, 0.2) is 66.9 Å². The van der Waals surface area contributed by atoms with Gasteiger partial charge in [-0.05, 0) is 98.9 Å². The van der Waals surface area contributed by atoms with E-state index in [1.165, 1.54) is 5.56 Å². The number of amides is 2. The first-order valence-corrected chi connectivity index (χ1v) is 17.6. The first-order valence-electron chi connectivity index (χ1n) is 17.6. The number of halogens is 1. The molecule has 2 aliphatic carbocycles. The minimum Gasteiger partial charge on any atom is -0.438 e. The number of aryl methyl sites for hydroxylation is 1. The minimum atomic E-state index is -0.616. The molecule has 0 atom stereocenters. The number of nitrogens with one attached hydrogen (secondary N) is 4. The Kier molecular flexibility index (Phi) is 10.3. The van der Waals surface area contributed by atoms with Gasteiger partial charge in [-0.3, -0.25) is 14.7 Å². The number of aromatic nitrogens is 3. The third kappa shape index (κ3) is 8.71. The van der Waals surface area contributed by atoms with E-state index in [-0.39, 0.29) is 29.4 Å². The number of ether oxygens (including phenoxy) is 1. The second kappa shape index (κ2) is 15.3. The van der Waals surface area contributed by atoms with Crippen molar-refractivity contribution in [2.75, 3.05) is 32.7 Å². The van der Waals surface area contributed by atoms with Gasteiger partial charge in [0.05, 0.1) is 11.9 Å². The quantitative estimate of drug-likeness (QED) is 0.156. The molecule has 49 heavy (non-hydrogen) atoms. The van der Waals surface area contributed by atoms with E-state index >= 15 is 0 Å². The highest BCUT2D eigenvalue weighted by molar-refractivity contribution is 5.96. The Hall–Kier alpha value is -4.61. The van der Waals surface area contributed by atoms with E-state index in [0.29, 0.717) is 30.2 Å². The van der Waals surface area contributed by atoms with Gasteiger partial charge in [-0.1, -0.05) is 36.4 Å². The zero-order chi connectivity index (χ0) is 33.6. The summed E-state index contributed by atoms with van der Waals surface area (Å²) in [7, 11) is 0. The van der Waals surface area contributed by atoms with Crippen molar-refractivity contribution >= 4 is 11.8 Å². The minimum absolute atomic E-state index is 0.00827. The van der Waals surface area contributed by atoms with Crippen LogP contribution in [-0.4, -0.2) is 76.7 Å². The smallest absolute Gasteiger partial charge is 0.269 e. The fourth-order valence-corrected chi connectivity index (χ4v) is 6.78. The molecule has 3 heterocycles. The van der Waals surface area contributed by atoms with Crippen LogP contribution in [0.4, 0.5) is 4.39 Å². The maximum atomic E-state index is 14.3. The van der Waals surface area contributed by atoms with Crippen LogP contribution in [0.1, 0.15) is 83.0 Å². The van der Waals surface area contributed by atoms with Gasteiger partial charge in [0.2, 0.25) is 5.88 Å². The number of carbonyl (C=O) groups excluding carboxylic acids is 2. The van der Waals surface area contributed by atoms with Gasteiger partial charge in [0.15, 0.2) is 0 Å². The number of aromatic amines is 1. The zero-order valence-corrected chi connectivity index (χ0v) is 27.7. The molecule has 4 N–H and O–H groups in total. The number of benzene rings is 2. The average Bonchev–Trinajstić information content (AvgIpc) is 3.86. The summed E-state index contributed by atoms with van der Waals surface area (Å²) in [6.07, 6.45) is 8.28. The van der Waals surface area contributed by atoms with Gasteiger partial charge in [0.25, 0.3) is 11.8 Å². The van der Waals surface area contributed by atoms with Crippen molar-refractivity contribution in [3.63, 3.8) is 0 Å². The predicted octanol–water partition coefficient (Wildman–Crippen LogP) is 5.59. The molecule has 3 fully saturated rings. The maximum Gasteiger partial charge on any atom is 0.269 e. The molecule has 3 aliphatic rings. The van der Waals surface area contributed by atoms with E-state index in [9.17, 15) is 14.0 Å². The van der Waals surface area contributed by atoms with Gasteiger partial charge in [0, 0.05) is 44.2 Å². The summed E-state index contributed by atoms with van der Waals surface area (Å²) in [4.78, 5) is 32.8. The zero-order valence-electron chi connectivity index (χ0n) is 27.7. The molecule has 2 aromatic carbocycles. The van der Waals surface area contributed by atoms with Gasteiger partial charge >= 0.3 is 0 Å². The highest BCUT2D eigenvalue weighted by Gasteiger charge is 2.29. The summed E-state index contributed by atoms with van der Waals surface area (Å²) in [5, 5.41) is 16.6. The van der Waals surface area contributed by atoms with Crippen LogP contribution < -0.4 is 20.7 Å². The Bertz CT molecular complexity index is 1740. The molecule has 4 aromatic rings. The number of carbonyl (C=O) groups is 2. The highest BCUT2D eigenvalue weighted by atomic mass is 19.1. The second-order valence-corrected chi connectivity index (χ2v) is 13.5. The lowest BCUT2D eigenvalue weighted by molar-refractivity contribution is 0.0887. The van der Waals surface area contributed by atoms with Crippen molar-refractivity contribution in [3.8, 4) is 22.8 Å². The molecular weight excluding hydrogens is 621 g/mol. The van der Waals surface area contributed by atoms with Crippen molar-refractivity contribution in [2.45, 2.75) is 69.4 Å². The van der Waals surface area contributed by atoms with Gasteiger partial charge < -0.3 is 25.6 Å². The van der Waals surface area contributed by atoms with Gasteiger partial charge in [-0.2, -0.15) is 5.10 Å². The first kappa shape index (κ1) is 32.9. The first-order chi connectivity index (χ1) is 24.0. The van der Waals surface area contributed by atoms with E-state index in [4.69, 9.17) is 4.74 Å². The van der Waals surface area contributed by atoms with E-state index < -0.39 is 11.7 Å². The summed E-state index contributed by atoms with van der Waals surface area (Å²) in [6.45, 7) is 5.50. The SMILES string of the molecule is O=C(N[C@H]1CC[C@H](NC(=O)c2cc(F)cnc2Oc2cccc(-c3ccc(CCCN4CCNCC4)cc3)c2)CC1)c1cc(C2CC2)n[nH]1. The Morgan fingerprint density at radius 3 is 2.35 bits per heavy atom. The van der Waals surface area contributed by atoms with Crippen molar-refractivity contribution in [3.05, 3.63) is 95.2 Å². The third-order valence-electron chi connectivity index (χ3n) is 9.78. The van der Waals surface area contributed by atoms with Crippen LogP contribution in [-0.2, 0) is 6.42 Å². The molecule has 0 radical (unpaired) electrons. The number of piperazine rings is 1. The molecule has 2 saturated carbocycles. The largest absolute Gasteiger partial charge is 0.438 e. The maximum absolute atomic E-state index is 14.3. The monoisotopic (exact) mass is 665 g/mol. The number of nitrogens with zero attached hydrogens (tertiary/aromatic N) is 3. The summed E-state index contributed by atoms with van der Waals surface area (Å²) in [5.74, 6) is -0.188. The van der Waals surface area contributed by atoms with Crippen molar-refractivity contribution in [1.29, 1.82) is 0 Å². The summed E-state index contributed by atoms with van der Waals surface area (Å²) in [5.41, 5.74) is 4.82. The van der Waals surface area contributed by atoms with Crippen LogP contribution in [0.3, 0.4) is 0 Å². The topological polar surface area (TPSA) is 124 Å². The lowest BCUT2D eigenvalue weighted by Crippen LogP contribution is -2.44. The molecule has 2 aromatic heterocycles. The van der Waals surface area contributed by atoms with E-state index in [2.05, 4.69) is 60.3 Å². The van der Waals surface area contributed by atoms with E-state index in [1.54, 1.807) is 6.07 Å². The van der Waals surface area contributed by atoms with Crippen LogP contribution in [0.2, 0.25) is 0 Å². The summed E-state index contributed by atoms with van der Waals surface area (Å²) >= 11 is 0. The van der Waals surface area contributed by atoms with Crippen LogP contribution >= 0.6 is 0 Å². The lowest BCUT2D eigenvalue weighted by Gasteiger charge is -2.29. The lowest BCUT2D eigenvalue weighted by atomic mass is 9.91. The normalized spacial score (nSPS) is 19.7. The standard InChI is InChI=1S/C38H44FN7O3/c39-29-22-33(36(47)42-30-12-14-31(15-13-30)43-37(48)35-23-34(44-45-35)27-10-11-27)38(41-24-29)49-32-5-1-4-28(21-32)26-8-6-25(7-9-26)3-2-18-46-19-16-40-17-20-46/h1,4-9,21-24,27,30-31,40H,2-3,10-20H2,(H,42,47)(H,43,48)(H,44,45)/t30-,31-. The Balaban J connectivity index is 0.922. The predicted molar refractivity (Wildman–Crippen MR) is 185 cm³/mol. The Labute approximate surface area is 286 Å². The molecule has 1 aliphatic heterocycles. The summed E-state index contributed by atoms with van der Waals surface area (Å²) < 4.78 is 20.4. The van der Waals surface area contributed by atoms with E-state index in [0.717, 1.165) is 100 Å². The number of rotatable bonds is 12. The number of hydrogen-bond donors (Lipinski definition) is 4. The fraction of sp³-hybridized carbons (Fsp3) is 0.421. The molecule has 256 valence electrons. The molecule has 11 heteroatoms. The second-order valence-electron chi connectivity index (χ2n) is 13.5. The Morgan fingerprint density at radius 1 is 0.878 bits per heavy atom. The van der Waals surface area contributed by atoms with Crippen molar-refractivity contribution < 1.29 is 18.7 Å². The molecule has 0 unspecified atom stereocenters. The molecule has 0 bridgehead atoms. The molecule has 0 spiro atoms. The van der Waals surface area contributed by atoms with Crippen molar-refractivity contribution in [1.82, 2.24) is 36.0 Å².